The first kappa shape index (κ1) is 13.6. The van der Waals surface area contributed by atoms with Crippen molar-refractivity contribution in [3.63, 3.8) is 0 Å². The average molecular weight is 307 g/mol. The van der Waals surface area contributed by atoms with E-state index in [1.165, 1.54) is 24.3 Å². The number of hydrogen-bond donors (Lipinski definition) is 2. The summed E-state index contributed by atoms with van der Waals surface area (Å²) in [6.45, 7) is 0.900. The third-order valence-electron chi connectivity index (χ3n) is 2.92. The molecular weight excluding hydrogens is 294 g/mol. The highest BCUT2D eigenvalue weighted by molar-refractivity contribution is 7.92. The van der Waals surface area contributed by atoms with Gasteiger partial charge in [-0.25, -0.2) is 8.42 Å². The summed E-state index contributed by atoms with van der Waals surface area (Å²) < 4.78 is 37.7. The SMILES string of the molecule is O=S(=O)(Nc1ccc2c(c1)OCCO2)c1cccc(O)c1. The van der Waals surface area contributed by atoms with Crippen molar-refractivity contribution in [3.8, 4) is 17.2 Å². The van der Waals surface area contributed by atoms with Crippen molar-refractivity contribution in [1.29, 1.82) is 0 Å². The fourth-order valence-electron chi connectivity index (χ4n) is 1.97. The third-order valence-corrected chi connectivity index (χ3v) is 4.30. The number of phenolic OH excluding ortho intramolecular Hbond substituents is 1. The Morgan fingerprint density at radius 2 is 1.76 bits per heavy atom. The summed E-state index contributed by atoms with van der Waals surface area (Å²) in [6, 6.07) is 10.3. The molecule has 6 nitrogen and oxygen atoms in total. The number of anilines is 1. The molecule has 21 heavy (non-hydrogen) atoms. The van der Waals surface area contributed by atoms with Crippen LogP contribution in [-0.4, -0.2) is 26.7 Å². The van der Waals surface area contributed by atoms with Crippen molar-refractivity contribution in [2.24, 2.45) is 0 Å². The Bertz CT molecular complexity index is 773. The van der Waals surface area contributed by atoms with Gasteiger partial charge in [-0.05, 0) is 24.3 Å². The Balaban J connectivity index is 1.89. The molecule has 0 saturated heterocycles. The van der Waals surface area contributed by atoms with Gasteiger partial charge in [0.2, 0.25) is 0 Å². The van der Waals surface area contributed by atoms with Crippen LogP contribution in [-0.2, 0) is 10.0 Å². The highest BCUT2D eigenvalue weighted by Crippen LogP contribution is 2.33. The van der Waals surface area contributed by atoms with Crippen LogP contribution in [0.3, 0.4) is 0 Å². The summed E-state index contributed by atoms with van der Waals surface area (Å²) in [5, 5.41) is 9.37. The zero-order valence-corrected chi connectivity index (χ0v) is 11.8. The summed E-state index contributed by atoms with van der Waals surface area (Å²) in [5.41, 5.74) is 0.364. The Kier molecular flexibility index (Phi) is 3.34. The molecule has 2 aromatic rings. The molecule has 7 heteroatoms. The second-order valence-corrected chi connectivity index (χ2v) is 6.14. The topological polar surface area (TPSA) is 84.9 Å². The fourth-order valence-corrected chi connectivity index (χ4v) is 3.06. The molecule has 0 radical (unpaired) electrons. The lowest BCUT2D eigenvalue weighted by Crippen LogP contribution is -2.16. The van der Waals surface area contributed by atoms with Gasteiger partial charge in [0, 0.05) is 12.1 Å². The number of aromatic hydroxyl groups is 1. The predicted octanol–water partition coefficient (Wildman–Crippen LogP) is 1.96. The zero-order chi connectivity index (χ0) is 14.9. The molecule has 0 atom stereocenters. The second-order valence-electron chi connectivity index (χ2n) is 4.46. The minimum Gasteiger partial charge on any atom is -0.508 e. The van der Waals surface area contributed by atoms with Crippen LogP contribution in [0, 0.1) is 0 Å². The van der Waals surface area contributed by atoms with E-state index < -0.39 is 10.0 Å². The standard InChI is InChI=1S/C14H13NO5S/c16-11-2-1-3-12(9-11)21(17,18)15-10-4-5-13-14(8-10)20-7-6-19-13/h1-5,8-9,15-16H,6-7H2. The van der Waals surface area contributed by atoms with Gasteiger partial charge in [-0.3, -0.25) is 4.72 Å². The molecule has 3 rings (SSSR count). The van der Waals surface area contributed by atoms with Gasteiger partial charge in [0.15, 0.2) is 11.5 Å². The van der Waals surface area contributed by atoms with Crippen molar-refractivity contribution in [2.75, 3.05) is 17.9 Å². The molecule has 1 aliphatic rings. The molecule has 110 valence electrons. The number of hydrogen-bond acceptors (Lipinski definition) is 5. The van der Waals surface area contributed by atoms with Crippen molar-refractivity contribution in [2.45, 2.75) is 4.90 Å². The number of nitrogens with one attached hydrogen (secondary N) is 1. The molecule has 0 aromatic heterocycles. The van der Waals surface area contributed by atoms with Gasteiger partial charge in [-0.2, -0.15) is 0 Å². The van der Waals surface area contributed by atoms with E-state index in [4.69, 9.17) is 9.47 Å². The Morgan fingerprint density at radius 3 is 2.52 bits per heavy atom. The predicted molar refractivity (Wildman–Crippen MR) is 76.3 cm³/mol. The molecule has 2 N–H and O–H groups in total. The van der Waals surface area contributed by atoms with Crippen LogP contribution in [0.15, 0.2) is 47.4 Å². The lowest BCUT2D eigenvalue weighted by atomic mass is 10.3. The van der Waals surface area contributed by atoms with E-state index in [-0.39, 0.29) is 10.6 Å². The van der Waals surface area contributed by atoms with Crippen LogP contribution in [0.5, 0.6) is 17.2 Å². The molecule has 0 amide bonds. The Morgan fingerprint density at radius 1 is 1.00 bits per heavy atom. The first-order valence-corrected chi connectivity index (χ1v) is 7.74. The van der Waals surface area contributed by atoms with Crippen LogP contribution < -0.4 is 14.2 Å². The van der Waals surface area contributed by atoms with Crippen molar-refractivity contribution in [1.82, 2.24) is 0 Å². The number of fused-ring (bicyclic) bond motifs is 1. The Labute approximate surface area is 122 Å². The number of rotatable bonds is 3. The highest BCUT2D eigenvalue weighted by atomic mass is 32.2. The van der Waals surface area contributed by atoms with E-state index in [1.54, 1.807) is 18.2 Å². The highest BCUT2D eigenvalue weighted by Gasteiger charge is 2.17. The molecular formula is C14H13NO5S. The fraction of sp³-hybridized carbons (Fsp3) is 0.143. The molecule has 1 heterocycles. The normalized spacial score (nSPS) is 13.7. The summed E-state index contributed by atoms with van der Waals surface area (Å²) in [6.07, 6.45) is 0. The molecule has 2 aromatic carbocycles. The lowest BCUT2D eigenvalue weighted by Gasteiger charge is -2.19. The first-order valence-electron chi connectivity index (χ1n) is 6.26. The van der Waals surface area contributed by atoms with Gasteiger partial charge in [0.1, 0.15) is 19.0 Å². The summed E-state index contributed by atoms with van der Waals surface area (Å²) >= 11 is 0. The number of phenols is 1. The van der Waals surface area contributed by atoms with Crippen LogP contribution >= 0.6 is 0 Å². The van der Waals surface area contributed by atoms with Gasteiger partial charge >= 0.3 is 0 Å². The van der Waals surface area contributed by atoms with Crippen LogP contribution in [0.2, 0.25) is 0 Å². The van der Waals surface area contributed by atoms with Crippen LogP contribution in [0.1, 0.15) is 0 Å². The molecule has 0 saturated carbocycles. The lowest BCUT2D eigenvalue weighted by molar-refractivity contribution is 0.171. The minimum atomic E-state index is -3.77. The van der Waals surface area contributed by atoms with E-state index in [0.29, 0.717) is 30.4 Å². The number of benzene rings is 2. The smallest absolute Gasteiger partial charge is 0.262 e. The largest absolute Gasteiger partial charge is 0.508 e. The van der Waals surface area contributed by atoms with E-state index in [2.05, 4.69) is 4.72 Å². The van der Waals surface area contributed by atoms with E-state index >= 15 is 0 Å². The van der Waals surface area contributed by atoms with Crippen LogP contribution in [0.25, 0.3) is 0 Å². The van der Waals surface area contributed by atoms with Crippen LogP contribution in [0.4, 0.5) is 5.69 Å². The second kappa shape index (κ2) is 5.17. The monoisotopic (exact) mass is 307 g/mol. The quantitative estimate of drug-likeness (QED) is 0.905. The maximum Gasteiger partial charge on any atom is 0.262 e. The van der Waals surface area contributed by atoms with E-state index in [0.717, 1.165) is 0 Å². The summed E-state index contributed by atoms with van der Waals surface area (Å²) in [7, 11) is -3.77. The Hall–Kier alpha value is -2.41. The number of sulfonamides is 1. The molecule has 0 aliphatic carbocycles. The van der Waals surface area contributed by atoms with Gasteiger partial charge in [-0.15, -0.1) is 0 Å². The number of ether oxygens (including phenoxy) is 2. The van der Waals surface area contributed by atoms with Crippen molar-refractivity contribution in [3.05, 3.63) is 42.5 Å². The van der Waals surface area contributed by atoms with Crippen molar-refractivity contribution < 1.29 is 23.0 Å². The molecule has 0 spiro atoms. The third kappa shape index (κ3) is 2.87. The molecule has 0 fully saturated rings. The van der Waals surface area contributed by atoms with E-state index in [9.17, 15) is 13.5 Å². The average Bonchev–Trinajstić information content (AvgIpc) is 2.47. The molecule has 0 bridgehead atoms. The maximum absolute atomic E-state index is 12.2. The first-order chi connectivity index (χ1) is 10.0. The maximum atomic E-state index is 12.2. The molecule has 0 unspecified atom stereocenters. The summed E-state index contributed by atoms with van der Waals surface area (Å²) in [4.78, 5) is -0.0163. The van der Waals surface area contributed by atoms with Gasteiger partial charge in [-0.1, -0.05) is 6.07 Å². The summed E-state index contributed by atoms with van der Waals surface area (Å²) in [5.74, 6) is 0.971. The van der Waals surface area contributed by atoms with Gasteiger partial charge in [0.25, 0.3) is 10.0 Å². The van der Waals surface area contributed by atoms with E-state index in [1.807, 2.05) is 0 Å². The molecule has 1 aliphatic heterocycles. The zero-order valence-electron chi connectivity index (χ0n) is 10.9. The van der Waals surface area contributed by atoms with Gasteiger partial charge in [0.05, 0.1) is 10.6 Å². The van der Waals surface area contributed by atoms with Gasteiger partial charge < -0.3 is 14.6 Å². The minimum absolute atomic E-state index is 0.0163. The van der Waals surface area contributed by atoms with Crippen molar-refractivity contribution >= 4 is 15.7 Å².